The van der Waals surface area contributed by atoms with Crippen LogP contribution in [0, 0.1) is 6.92 Å². The lowest BCUT2D eigenvalue weighted by molar-refractivity contribution is 1.09. The van der Waals surface area contributed by atoms with E-state index in [1.807, 2.05) is 53.9 Å². The predicted molar refractivity (Wildman–Crippen MR) is 84.1 cm³/mol. The van der Waals surface area contributed by atoms with Gasteiger partial charge in [-0.2, -0.15) is 0 Å². The fourth-order valence-corrected chi connectivity index (χ4v) is 2.35. The molecule has 2 N–H and O–H groups in total. The Morgan fingerprint density at radius 2 is 1.85 bits per heavy atom. The highest BCUT2D eigenvalue weighted by molar-refractivity contribution is 5.77. The first kappa shape index (κ1) is 12.5. The van der Waals surface area contributed by atoms with E-state index in [4.69, 9.17) is 5.73 Å². The van der Waals surface area contributed by atoms with Gasteiger partial charge in [-0.1, -0.05) is 24.3 Å². The topological polar surface area (TPSA) is 46.6 Å². The summed E-state index contributed by atoms with van der Waals surface area (Å²) in [6.07, 6.45) is 2.01. The van der Waals surface area contributed by atoms with Crippen LogP contribution in [0.3, 0.4) is 0 Å². The molecule has 3 rings (SSSR count). The van der Waals surface area contributed by atoms with E-state index in [2.05, 4.69) is 24.0 Å². The van der Waals surface area contributed by atoms with Crippen molar-refractivity contribution >= 4 is 17.2 Å². The molecule has 0 fully saturated rings. The fraction of sp³-hybridized carbons (Fsp3) is 0.188. The lowest BCUT2D eigenvalue weighted by Crippen LogP contribution is -2.09. The predicted octanol–water partition coefficient (Wildman–Crippen LogP) is 2.96. The van der Waals surface area contributed by atoms with Gasteiger partial charge in [0.15, 0.2) is 0 Å². The number of hydrogen-bond donors (Lipinski definition) is 1. The molecule has 4 nitrogen and oxygen atoms in total. The molecule has 2 heterocycles. The summed E-state index contributed by atoms with van der Waals surface area (Å²) in [4.78, 5) is 6.71. The third-order valence-corrected chi connectivity index (χ3v) is 3.56. The lowest BCUT2D eigenvalue weighted by atomic mass is 10.1. The number of aromatic nitrogens is 2. The SMILES string of the molecule is Cc1ccccc1-c1nc2ccc(N(C)C)cn2c1N. The Labute approximate surface area is 118 Å². The van der Waals surface area contributed by atoms with E-state index in [1.165, 1.54) is 5.56 Å². The second kappa shape index (κ2) is 4.56. The van der Waals surface area contributed by atoms with Crippen LogP contribution >= 0.6 is 0 Å². The van der Waals surface area contributed by atoms with Gasteiger partial charge in [-0.05, 0) is 24.6 Å². The minimum absolute atomic E-state index is 0.679. The zero-order chi connectivity index (χ0) is 14.3. The van der Waals surface area contributed by atoms with E-state index in [0.717, 1.165) is 22.6 Å². The number of fused-ring (bicyclic) bond motifs is 1. The Morgan fingerprint density at radius 3 is 2.55 bits per heavy atom. The summed E-state index contributed by atoms with van der Waals surface area (Å²) in [5.74, 6) is 0.679. The third kappa shape index (κ3) is 1.90. The average molecular weight is 266 g/mol. The van der Waals surface area contributed by atoms with Gasteiger partial charge < -0.3 is 10.6 Å². The van der Waals surface area contributed by atoms with Gasteiger partial charge in [0, 0.05) is 25.9 Å². The van der Waals surface area contributed by atoms with Crippen molar-refractivity contribution in [2.24, 2.45) is 0 Å². The molecule has 0 amide bonds. The normalized spacial score (nSPS) is 10.9. The monoisotopic (exact) mass is 266 g/mol. The fourth-order valence-electron chi connectivity index (χ4n) is 2.35. The standard InChI is InChI=1S/C16H18N4/c1-11-6-4-5-7-13(11)15-16(17)20-10-12(19(2)3)8-9-14(20)18-15/h4-10H,17H2,1-3H3. The summed E-state index contributed by atoms with van der Waals surface area (Å²) in [5, 5.41) is 0. The zero-order valence-electron chi connectivity index (χ0n) is 12.0. The number of nitrogens with two attached hydrogens (primary N) is 1. The molecule has 0 atom stereocenters. The largest absolute Gasteiger partial charge is 0.383 e. The first-order valence-electron chi connectivity index (χ1n) is 6.59. The van der Waals surface area contributed by atoms with E-state index in [1.54, 1.807) is 0 Å². The molecule has 0 aliphatic rings. The molecular formula is C16H18N4. The van der Waals surface area contributed by atoms with Crippen molar-refractivity contribution in [3.8, 4) is 11.3 Å². The molecule has 0 spiro atoms. The number of nitrogen functional groups attached to an aromatic ring is 1. The summed E-state index contributed by atoms with van der Waals surface area (Å²) in [6.45, 7) is 2.07. The van der Waals surface area contributed by atoms with Crippen LogP contribution in [-0.2, 0) is 0 Å². The summed E-state index contributed by atoms with van der Waals surface area (Å²) in [7, 11) is 4.02. The number of anilines is 2. The zero-order valence-corrected chi connectivity index (χ0v) is 12.0. The molecule has 0 saturated heterocycles. The maximum Gasteiger partial charge on any atom is 0.139 e. The van der Waals surface area contributed by atoms with Crippen LogP contribution < -0.4 is 10.6 Å². The number of nitrogens with zero attached hydrogens (tertiary/aromatic N) is 3. The van der Waals surface area contributed by atoms with Crippen molar-refractivity contribution in [3.63, 3.8) is 0 Å². The first-order chi connectivity index (χ1) is 9.58. The Hall–Kier alpha value is -2.49. The smallest absolute Gasteiger partial charge is 0.139 e. The van der Waals surface area contributed by atoms with Gasteiger partial charge in [-0.15, -0.1) is 0 Å². The molecule has 0 saturated carbocycles. The van der Waals surface area contributed by atoms with Crippen molar-refractivity contribution in [2.45, 2.75) is 6.92 Å². The Bertz CT molecular complexity index is 771. The molecule has 3 aromatic rings. The Morgan fingerprint density at radius 1 is 1.10 bits per heavy atom. The molecule has 0 aliphatic carbocycles. The van der Waals surface area contributed by atoms with Crippen LogP contribution in [0.5, 0.6) is 0 Å². The van der Waals surface area contributed by atoms with E-state index >= 15 is 0 Å². The molecule has 2 aromatic heterocycles. The number of aryl methyl sites for hydroxylation is 1. The van der Waals surface area contributed by atoms with E-state index in [9.17, 15) is 0 Å². The van der Waals surface area contributed by atoms with Gasteiger partial charge in [-0.3, -0.25) is 4.40 Å². The van der Waals surface area contributed by atoms with Crippen molar-refractivity contribution in [1.29, 1.82) is 0 Å². The quantitative estimate of drug-likeness (QED) is 0.775. The van der Waals surface area contributed by atoms with Crippen molar-refractivity contribution in [1.82, 2.24) is 9.38 Å². The summed E-state index contributed by atoms with van der Waals surface area (Å²) in [5.41, 5.74) is 11.4. The van der Waals surface area contributed by atoms with Crippen LogP contribution in [0.2, 0.25) is 0 Å². The molecule has 20 heavy (non-hydrogen) atoms. The molecule has 1 aromatic carbocycles. The minimum atomic E-state index is 0.679. The van der Waals surface area contributed by atoms with E-state index < -0.39 is 0 Å². The van der Waals surface area contributed by atoms with Crippen molar-refractivity contribution in [3.05, 3.63) is 48.2 Å². The minimum Gasteiger partial charge on any atom is -0.383 e. The molecular weight excluding hydrogens is 248 g/mol. The number of hydrogen-bond acceptors (Lipinski definition) is 3. The summed E-state index contributed by atoms with van der Waals surface area (Å²) < 4.78 is 1.94. The van der Waals surface area contributed by atoms with Crippen LogP contribution in [0.25, 0.3) is 16.9 Å². The molecule has 0 bridgehead atoms. The van der Waals surface area contributed by atoms with Gasteiger partial charge in [0.05, 0.1) is 5.69 Å². The molecule has 102 valence electrons. The average Bonchev–Trinajstić information content (AvgIpc) is 2.76. The van der Waals surface area contributed by atoms with Crippen molar-refractivity contribution in [2.75, 3.05) is 24.7 Å². The summed E-state index contributed by atoms with van der Waals surface area (Å²) >= 11 is 0. The van der Waals surface area contributed by atoms with Gasteiger partial charge in [-0.25, -0.2) is 4.98 Å². The van der Waals surface area contributed by atoms with E-state index in [0.29, 0.717) is 5.82 Å². The highest BCUT2D eigenvalue weighted by Gasteiger charge is 2.13. The second-order valence-electron chi connectivity index (χ2n) is 5.17. The van der Waals surface area contributed by atoms with Gasteiger partial charge in [0.25, 0.3) is 0 Å². The van der Waals surface area contributed by atoms with Crippen LogP contribution in [0.1, 0.15) is 5.56 Å². The first-order valence-corrected chi connectivity index (χ1v) is 6.59. The van der Waals surface area contributed by atoms with Gasteiger partial charge in [0.1, 0.15) is 17.2 Å². The number of imidazole rings is 1. The third-order valence-electron chi connectivity index (χ3n) is 3.56. The maximum atomic E-state index is 6.29. The van der Waals surface area contributed by atoms with Crippen LogP contribution in [0.15, 0.2) is 42.6 Å². The maximum absolute atomic E-state index is 6.29. The van der Waals surface area contributed by atoms with E-state index in [-0.39, 0.29) is 0 Å². The lowest BCUT2D eigenvalue weighted by Gasteiger charge is -2.12. The highest BCUT2D eigenvalue weighted by atomic mass is 15.1. The van der Waals surface area contributed by atoms with Gasteiger partial charge in [0.2, 0.25) is 0 Å². The Balaban J connectivity index is 2.24. The highest BCUT2D eigenvalue weighted by Crippen LogP contribution is 2.29. The van der Waals surface area contributed by atoms with Crippen molar-refractivity contribution < 1.29 is 0 Å². The number of benzene rings is 1. The molecule has 0 unspecified atom stereocenters. The van der Waals surface area contributed by atoms with Gasteiger partial charge >= 0.3 is 0 Å². The molecule has 0 aliphatic heterocycles. The van der Waals surface area contributed by atoms with Crippen LogP contribution in [0.4, 0.5) is 11.5 Å². The van der Waals surface area contributed by atoms with Crippen LogP contribution in [-0.4, -0.2) is 23.5 Å². The Kier molecular flexibility index (Phi) is 2.86. The second-order valence-corrected chi connectivity index (χ2v) is 5.17. The summed E-state index contributed by atoms with van der Waals surface area (Å²) in [6, 6.07) is 12.2. The molecule has 0 radical (unpaired) electrons. The number of pyridine rings is 1. The molecule has 4 heteroatoms. The number of rotatable bonds is 2.